The quantitative estimate of drug-likeness (QED) is 0.870. The number of nitrogens with zero attached hydrogens (tertiary/aromatic N) is 4. The molecule has 0 aliphatic carbocycles. The zero-order chi connectivity index (χ0) is 17.1. The SMILES string of the molecule is CN1CCCN(c2ccc(Nc3cc(Br)cn(C)c3=O)nc2)CC1. The van der Waals surface area contributed by atoms with Crippen molar-refractivity contribution in [3.05, 3.63) is 45.4 Å². The summed E-state index contributed by atoms with van der Waals surface area (Å²) in [4.78, 5) is 21.3. The Morgan fingerprint density at radius 3 is 2.75 bits per heavy atom. The summed E-state index contributed by atoms with van der Waals surface area (Å²) in [6.07, 6.45) is 4.76. The smallest absolute Gasteiger partial charge is 0.274 e. The molecule has 1 saturated heterocycles. The predicted octanol–water partition coefficient (Wildman–Crippen LogP) is 2.43. The summed E-state index contributed by atoms with van der Waals surface area (Å²) in [5.41, 5.74) is 1.54. The first-order valence-corrected chi connectivity index (χ1v) is 8.85. The number of hydrogen-bond acceptors (Lipinski definition) is 5. The molecule has 0 amide bonds. The van der Waals surface area contributed by atoms with Gasteiger partial charge in [0.1, 0.15) is 11.5 Å². The Morgan fingerprint density at radius 2 is 2.00 bits per heavy atom. The van der Waals surface area contributed by atoms with Gasteiger partial charge in [0.15, 0.2) is 0 Å². The lowest BCUT2D eigenvalue weighted by molar-refractivity contribution is 0.360. The van der Waals surface area contributed by atoms with Crippen molar-refractivity contribution < 1.29 is 0 Å². The molecule has 2 aromatic heterocycles. The highest BCUT2D eigenvalue weighted by Gasteiger charge is 2.13. The zero-order valence-electron chi connectivity index (χ0n) is 14.0. The Morgan fingerprint density at radius 1 is 1.17 bits per heavy atom. The van der Waals surface area contributed by atoms with Crippen LogP contribution in [0.4, 0.5) is 17.2 Å². The van der Waals surface area contributed by atoms with Gasteiger partial charge in [-0.25, -0.2) is 4.98 Å². The molecule has 0 radical (unpaired) electrons. The zero-order valence-corrected chi connectivity index (χ0v) is 15.6. The van der Waals surface area contributed by atoms with E-state index in [1.54, 1.807) is 19.3 Å². The van der Waals surface area contributed by atoms with E-state index in [0.29, 0.717) is 11.5 Å². The molecule has 0 spiro atoms. The van der Waals surface area contributed by atoms with E-state index in [1.807, 2.05) is 12.3 Å². The van der Waals surface area contributed by atoms with Crippen molar-refractivity contribution in [1.29, 1.82) is 0 Å². The monoisotopic (exact) mass is 391 g/mol. The summed E-state index contributed by atoms with van der Waals surface area (Å²) >= 11 is 3.41. The highest BCUT2D eigenvalue weighted by molar-refractivity contribution is 9.10. The molecule has 24 heavy (non-hydrogen) atoms. The summed E-state index contributed by atoms with van der Waals surface area (Å²) in [6.45, 7) is 4.26. The molecular weight excluding hydrogens is 370 g/mol. The minimum absolute atomic E-state index is 0.0837. The molecule has 3 rings (SSSR count). The van der Waals surface area contributed by atoms with Crippen LogP contribution in [0.15, 0.2) is 39.9 Å². The van der Waals surface area contributed by atoms with Gasteiger partial charge in [-0.1, -0.05) is 0 Å². The first-order chi connectivity index (χ1) is 11.5. The molecule has 0 bridgehead atoms. The standard InChI is InChI=1S/C17H22BrN5O/c1-21-6-3-7-23(9-8-21)14-4-5-16(19-11-14)20-15-10-13(18)12-22(2)17(15)24/h4-5,10-12H,3,6-9H2,1-2H3,(H,19,20). The molecule has 128 valence electrons. The van der Waals surface area contributed by atoms with Crippen LogP contribution in [0.1, 0.15) is 6.42 Å². The summed E-state index contributed by atoms with van der Waals surface area (Å²) < 4.78 is 2.38. The van der Waals surface area contributed by atoms with Crippen LogP contribution in [0.25, 0.3) is 0 Å². The largest absolute Gasteiger partial charge is 0.369 e. The highest BCUT2D eigenvalue weighted by Crippen LogP contribution is 2.20. The fraction of sp³-hybridized carbons (Fsp3) is 0.412. The van der Waals surface area contributed by atoms with E-state index in [1.165, 1.54) is 4.57 Å². The van der Waals surface area contributed by atoms with Gasteiger partial charge < -0.3 is 19.7 Å². The normalized spacial score (nSPS) is 16.0. The van der Waals surface area contributed by atoms with Crippen molar-refractivity contribution >= 4 is 33.1 Å². The third-order valence-electron chi connectivity index (χ3n) is 4.25. The van der Waals surface area contributed by atoms with Crippen LogP contribution in [-0.2, 0) is 7.05 Å². The topological polar surface area (TPSA) is 53.4 Å². The van der Waals surface area contributed by atoms with Gasteiger partial charge in [0.05, 0.1) is 11.9 Å². The number of hydrogen-bond donors (Lipinski definition) is 1. The van der Waals surface area contributed by atoms with E-state index in [4.69, 9.17) is 0 Å². The average molecular weight is 392 g/mol. The molecule has 0 atom stereocenters. The van der Waals surface area contributed by atoms with E-state index in [9.17, 15) is 4.79 Å². The van der Waals surface area contributed by atoms with Gasteiger partial charge in [0.2, 0.25) is 0 Å². The van der Waals surface area contributed by atoms with Crippen LogP contribution in [0.5, 0.6) is 0 Å². The van der Waals surface area contributed by atoms with Crippen molar-refractivity contribution in [3.8, 4) is 0 Å². The van der Waals surface area contributed by atoms with Gasteiger partial charge in [-0.15, -0.1) is 0 Å². The second-order valence-electron chi connectivity index (χ2n) is 6.16. The summed E-state index contributed by atoms with van der Waals surface area (Å²) in [5.74, 6) is 0.667. The summed E-state index contributed by atoms with van der Waals surface area (Å²) in [5, 5.41) is 3.10. The average Bonchev–Trinajstić information content (AvgIpc) is 2.77. The Balaban J connectivity index is 1.74. The van der Waals surface area contributed by atoms with Gasteiger partial charge in [0.25, 0.3) is 5.56 Å². The minimum atomic E-state index is -0.0837. The molecule has 1 aliphatic rings. The van der Waals surface area contributed by atoms with Crippen molar-refractivity contribution in [3.63, 3.8) is 0 Å². The fourth-order valence-corrected chi connectivity index (χ4v) is 3.39. The molecule has 6 nitrogen and oxygen atoms in total. The molecule has 1 N–H and O–H groups in total. The first kappa shape index (κ1) is 17.0. The van der Waals surface area contributed by atoms with Gasteiger partial charge in [0, 0.05) is 37.4 Å². The number of halogens is 1. The number of aromatic nitrogens is 2. The number of likely N-dealkylation sites (N-methyl/N-ethyl adjacent to an activating group) is 1. The van der Waals surface area contributed by atoms with Crippen LogP contribution < -0.4 is 15.8 Å². The van der Waals surface area contributed by atoms with E-state index < -0.39 is 0 Å². The van der Waals surface area contributed by atoms with Crippen LogP contribution in [0, 0.1) is 0 Å². The van der Waals surface area contributed by atoms with E-state index in [-0.39, 0.29) is 5.56 Å². The number of pyridine rings is 2. The van der Waals surface area contributed by atoms with E-state index in [0.717, 1.165) is 42.8 Å². The Bertz CT molecular complexity index is 759. The van der Waals surface area contributed by atoms with Gasteiger partial charge >= 0.3 is 0 Å². The Kier molecular flexibility index (Phi) is 5.20. The van der Waals surface area contributed by atoms with Crippen LogP contribution >= 0.6 is 15.9 Å². The third kappa shape index (κ3) is 3.96. The summed E-state index contributed by atoms with van der Waals surface area (Å²) in [7, 11) is 3.89. The molecule has 2 aromatic rings. The van der Waals surface area contributed by atoms with Crippen molar-refractivity contribution in [2.45, 2.75) is 6.42 Å². The number of nitrogens with one attached hydrogen (secondary N) is 1. The molecular formula is C17H22BrN5O. The van der Waals surface area contributed by atoms with Crippen LogP contribution in [0.3, 0.4) is 0 Å². The molecule has 1 aliphatic heterocycles. The lowest BCUT2D eigenvalue weighted by atomic mass is 10.3. The second-order valence-corrected chi connectivity index (χ2v) is 7.07. The lowest BCUT2D eigenvalue weighted by Crippen LogP contribution is -2.28. The highest BCUT2D eigenvalue weighted by atomic mass is 79.9. The van der Waals surface area contributed by atoms with Gasteiger partial charge in [-0.3, -0.25) is 4.79 Å². The van der Waals surface area contributed by atoms with E-state index >= 15 is 0 Å². The lowest BCUT2D eigenvalue weighted by Gasteiger charge is -2.22. The van der Waals surface area contributed by atoms with Crippen molar-refractivity contribution in [2.75, 3.05) is 43.4 Å². The van der Waals surface area contributed by atoms with E-state index in [2.05, 4.69) is 49.1 Å². The van der Waals surface area contributed by atoms with Crippen LogP contribution in [-0.4, -0.2) is 47.7 Å². The van der Waals surface area contributed by atoms with Crippen molar-refractivity contribution in [2.24, 2.45) is 7.05 Å². The maximum absolute atomic E-state index is 12.1. The molecule has 7 heteroatoms. The van der Waals surface area contributed by atoms with Crippen molar-refractivity contribution in [1.82, 2.24) is 14.5 Å². The maximum Gasteiger partial charge on any atom is 0.274 e. The maximum atomic E-state index is 12.1. The van der Waals surface area contributed by atoms with Gasteiger partial charge in [-0.05, 0) is 54.1 Å². The van der Waals surface area contributed by atoms with Gasteiger partial charge in [-0.2, -0.15) is 0 Å². The third-order valence-corrected chi connectivity index (χ3v) is 4.68. The Labute approximate surface area is 150 Å². The molecule has 0 aromatic carbocycles. The molecule has 0 unspecified atom stereocenters. The predicted molar refractivity (Wildman–Crippen MR) is 101 cm³/mol. The number of aryl methyl sites for hydroxylation is 1. The van der Waals surface area contributed by atoms with Crippen LogP contribution in [0.2, 0.25) is 0 Å². The molecule has 0 saturated carbocycles. The summed E-state index contributed by atoms with van der Waals surface area (Å²) in [6, 6.07) is 5.75. The fourth-order valence-electron chi connectivity index (χ4n) is 2.85. The number of anilines is 3. The molecule has 1 fully saturated rings. The first-order valence-electron chi connectivity index (χ1n) is 8.06. The number of rotatable bonds is 3. The minimum Gasteiger partial charge on any atom is -0.369 e. The molecule has 3 heterocycles. The second kappa shape index (κ2) is 7.36. The Hall–Kier alpha value is -1.86.